The van der Waals surface area contributed by atoms with E-state index in [4.69, 9.17) is 11.6 Å². The molecule has 0 saturated heterocycles. The van der Waals surface area contributed by atoms with Crippen LogP contribution in [0, 0.1) is 0 Å². The monoisotopic (exact) mass is 466 g/mol. The third-order valence-electron chi connectivity index (χ3n) is 5.74. The number of halogens is 4. The lowest BCUT2D eigenvalue weighted by Crippen LogP contribution is -2.37. The molecule has 1 N–H and O–H groups in total. The van der Waals surface area contributed by atoms with Crippen molar-refractivity contribution in [2.24, 2.45) is 0 Å². The van der Waals surface area contributed by atoms with Crippen LogP contribution in [0.2, 0.25) is 5.02 Å². The number of carbonyl (C=O) groups is 1. The number of alkyl halides is 3. The van der Waals surface area contributed by atoms with Crippen molar-refractivity contribution in [2.75, 3.05) is 16.8 Å². The Balaban J connectivity index is 1.56. The standard InChI is InChI=1S/C21H18ClF3N4OS/c22-17-18(20(30)28-9-3-6-12-5-1-2-7-14(12)28)27-29-16(21(23,24)25)11-13(26-19(17)29)15-8-4-10-31-15/h1-2,4-5,7-8,10,13,16,26H,3,6,9,11H2/t13-,16+/m1/s1. The Morgan fingerprint density at radius 2 is 2.03 bits per heavy atom. The summed E-state index contributed by atoms with van der Waals surface area (Å²) in [4.78, 5) is 15.7. The van der Waals surface area contributed by atoms with Crippen molar-refractivity contribution in [2.45, 2.75) is 37.5 Å². The number of anilines is 2. The highest BCUT2D eigenvalue weighted by Crippen LogP contribution is 2.47. The molecule has 2 aromatic heterocycles. The zero-order valence-electron chi connectivity index (χ0n) is 16.2. The summed E-state index contributed by atoms with van der Waals surface area (Å²) in [5, 5.41) is 8.89. The van der Waals surface area contributed by atoms with Gasteiger partial charge in [-0.3, -0.25) is 4.79 Å². The number of rotatable bonds is 2. The van der Waals surface area contributed by atoms with Crippen molar-refractivity contribution < 1.29 is 18.0 Å². The smallest absolute Gasteiger partial charge is 0.361 e. The largest absolute Gasteiger partial charge is 0.410 e. The second kappa shape index (κ2) is 7.56. The van der Waals surface area contributed by atoms with Crippen LogP contribution in [-0.4, -0.2) is 28.4 Å². The summed E-state index contributed by atoms with van der Waals surface area (Å²) in [7, 11) is 0. The van der Waals surface area contributed by atoms with Gasteiger partial charge < -0.3 is 10.2 Å². The average Bonchev–Trinajstić information content (AvgIpc) is 3.40. The van der Waals surface area contributed by atoms with Crippen LogP contribution in [0.4, 0.5) is 24.7 Å². The molecular weight excluding hydrogens is 449 g/mol. The normalized spacial score (nSPS) is 20.7. The second-order valence-electron chi connectivity index (χ2n) is 7.65. The van der Waals surface area contributed by atoms with Crippen LogP contribution in [0.3, 0.4) is 0 Å². The summed E-state index contributed by atoms with van der Waals surface area (Å²) >= 11 is 7.84. The molecule has 2 aliphatic heterocycles. The molecule has 5 rings (SSSR count). The van der Waals surface area contributed by atoms with Crippen LogP contribution in [-0.2, 0) is 6.42 Å². The minimum atomic E-state index is -4.53. The Hall–Kier alpha value is -2.52. The van der Waals surface area contributed by atoms with Crippen LogP contribution >= 0.6 is 22.9 Å². The summed E-state index contributed by atoms with van der Waals surface area (Å²) in [6, 6.07) is 8.65. The van der Waals surface area contributed by atoms with Crippen LogP contribution in [0.1, 0.15) is 45.9 Å². The Bertz CT molecular complexity index is 1130. The number of fused-ring (bicyclic) bond motifs is 2. The van der Waals surface area contributed by atoms with Crippen molar-refractivity contribution >= 4 is 40.4 Å². The van der Waals surface area contributed by atoms with Gasteiger partial charge >= 0.3 is 6.18 Å². The average molecular weight is 467 g/mol. The molecule has 0 bridgehead atoms. The summed E-state index contributed by atoms with van der Waals surface area (Å²) in [5.41, 5.74) is 1.60. The summed E-state index contributed by atoms with van der Waals surface area (Å²) in [6.07, 6.45) is -3.15. The van der Waals surface area contributed by atoms with E-state index in [1.165, 1.54) is 11.3 Å². The molecule has 1 aromatic carbocycles. The first-order chi connectivity index (χ1) is 14.8. The molecule has 0 spiro atoms. The predicted octanol–water partition coefficient (Wildman–Crippen LogP) is 5.85. The minimum Gasteiger partial charge on any atom is -0.361 e. The fraction of sp³-hybridized carbons (Fsp3) is 0.333. The number of para-hydroxylation sites is 1. The molecule has 2 atom stereocenters. The molecule has 4 heterocycles. The molecule has 2 aliphatic rings. The number of hydrogen-bond acceptors (Lipinski definition) is 4. The first-order valence-corrected chi connectivity index (χ1v) is 11.1. The van der Waals surface area contributed by atoms with Gasteiger partial charge in [-0.05, 0) is 35.9 Å². The second-order valence-corrected chi connectivity index (χ2v) is 9.01. The van der Waals surface area contributed by atoms with Crippen LogP contribution in [0.5, 0.6) is 0 Å². The number of carbonyl (C=O) groups excluding carboxylic acids is 1. The Labute approximate surface area is 185 Å². The minimum absolute atomic E-state index is 0.0299. The maximum absolute atomic E-state index is 13.9. The topological polar surface area (TPSA) is 50.2 Å². The number of benzene rings is 1. The van der Waals surface area contributed by atoms with E-state index in [1.807, 2.05) is 29.6 Å². The first-order valence-electron chi connectivity index (χ1n) is 9.89. The number of aromatic nitrogens is 2. The lowest BCUT2D eigenvalue weighted by Gasteiger charge is -2.32. The number of thiophene rings is 1. The molecule has 0 unspecified atom stereocenters. The number of aryl methyl sites for hydroxylation is 1. The van der Waals surface area contributed by atoms with Gasteiger partial charge in [-0.25, -0.2) is 4.68 Å². The van der Waals surface area contributed by atoms with E-state index in [0.29, 0.717) is 6.54 Å². The van der Waals surface area contributed by atoms with Crippen molar-refractivity contribution in [1.82, 2.24) is 9.78 Å². The maximum atomic E-state index is 13.9. The summed E-state index contributed by atoms with van der Waals surface area (Å²) in [6.45, 7) is 0.461. The zero-order chi connectivity index (χ0) is 21.8. The van der Waals surface area contributed by atoms with E-state index in [1.54, 1.807) is 17.0 Å². The quantitative estimate of drug-likeness (QED) is 0.515. The SMILES string of the molecule is O=C(c1nn2c(c1Cl)N[C@@H](c1cccs1)C[C@H]2C(F)(F)F)N1CCCc2ccccc21. The lowest BCUT2D eigenvalue weighted by molar-refractivity contribution is -0.173. The van der Waals surface area contributed by atoms with Crippen LogP contribution in [0.15, 0.2) is 41.8 Å². The Kier molecular flexibility index (Phi) is 4.97. The number of amides is 1. The predicted molar refractivity (Wildman–Crippen MR) is 114 cm³/mol. The Morgan fingerprint density at radius 3 is 2.77 bits per heavy atom. The lowest BCUT2D eigenvalue weighted by atomic mass is 10.0. The van der Waals surface area contributed by atoms with Gasteiger partial charge in [0, 0.05) is 23.5 Å². The van der Waals surface area contributed by atoms with Crippen LogP contribution in [0.25, 0.3) is 0 Å². The molecule has 0 radical (unpaired) electrons. The maximum Gasteiger partial charge on any atom is 0.410 e. The van der Waals surface area contributed by atoms with E-state index in [2.05, 4.69) is 10.4 Å². The van der Waals surface area contributed by atoms with Crippen molar-refractivity contribution in [3.8, 4) is 0 Å². The zero-order valence-corrected chi connectivity index (χ0v) is 17.8. The van der Waals surface area contributed by atoms with Gasteiger partial charge in [-0.15, -0.1) is 11.3 Å². The van der Waals surface area contributed by atoms with Crippen molar-refractivity contribution in [1.29, 1.82) is 0 Å². The molecule has 162 valence electrons. The van der Waals surface area contributed by atoms with Gasteiger partial charge in [0.1, 0.15) is 10.8 Å². The van der Waals surface area contributed by atoms with E-state index in [9.17, 15) is 18.0 Å². The van der Waals surface area contributed by atoms with E-state index in [-0.39, 0.29) is 23.0 Å². The highest BCUT2D eigenvalue weighted by atomic mass is 35.5. The van der Waals surface area contributed by atoms with E-state index in [0.717, 1.165) is 33.7 Å². The molecular formula is C21H18ClF3N4OS. The molecule has 1 amide bonds. The van der Waals surface area contributed by atoms with Gasteiger partial charge in [0.05, 0.1) is 6.04 Å². The van der Waals surface area contributed by atoms with E-state index < -0.39 is 24.2 Å². The molecule has 0 fully saturated rings. The third-order valence-corrected chi connectivity index (χ3v) is 7.08. The molecule has 0 aliphatic carbocycles. The molecule has 10 heteroatoms. The highest BCUT2D eigenvalue weighted by molar-refractivity contribution is 7.10. The summed E-state index contributed by atoms with van der Waals surface area (Å²) in [5.74, 6) is -0.461. The Morgan fingerprint density at radius 1 is 1.23 bits per heavy atom. The molecule has 5 nitrogen and oxygen atoms in total. The third kappa shape index (κ3) is 3.49. The molecule has 3 aromatic rings. The fourth-order valence-corrected chi connectivity index (χ4v) is 5.33. The van der Waals surface area contributed by atoms with Gasteiger partial charge in [0.2, 0.25) is 0 Å². The van der Waals surface area contributed by atoms with Crippen molar-refractivity contribution in [3.63, 3.8) is 0 Å². The fourth-order valence-electron chi connectivity index (χ4n) is 4.27. The van der Waals surface area contributed by atoms with Crippen LogP contribution < -0.4 is 10.2 Å². The first kappa shape index (κ1) is 20.4. The highest BCUT2D eigenvalue weighted by Gasteiger charge is 2.48. The number of hydrogen-bond donors (Lipinski definition) is 1. The van der Waals surface area contributed by atoms with Crippen molar-refractivity contribution in [3.05, 3.63) is 62.9 Å². The molecule has 31 heavy (non-hydrogen) atoms. The van der Waals surface area contributed by atoms with Gasteiger partial charge in [-0.2, -0.15) is 18.3 Å². The van der Waals surface area contributed by atoms with Gasteiger partial charge in [0.25, 0.3) is 5.91 Å². The number of nitrogens with zero attached hydrogens (tertiary/aromatic N) is 3. The molecule has 0 saturated carbocycles. The van der Waals surface area contributed by atoms with Gasteiger partial charge in [-0.1, -0.05) is 35.9 Å². The van der Waals surface area contributed by atoms with E-state index >= 15 is 0 Å². The number of nitrogens with one attached hydrogen (secondary N) is 1. The summed E-state index contributed by atoms with van der Waals surface area (Å²) < 4.78 is 42.5. The van der Waals surface area contributed by atoms with Gasteiger partial charge in [0.15, 0.2) is 11.7 Å².